The first-order valence-electron chi connectivity index (χ1n) is 5.83. The largest absolute Gasteiger partial charge is 0.370 e. The van der Waals surface area contributed by atoms with Gasteiger partial charge in [0.15, 0.2) is 0 Å². The van der Waals surface area contributed by atoms with Crippen LogP contribution in [0.15, 0.2) is 29.0 Å². The zero-order valence-corrected chi connectivity index (χ0v) is 11.8. The molecule has 1 aromatic heterocycles. The fourth-order valence-electron chi connectivity index (χ4n) is 1.61. The molecular formula is C13H12BrF2N3. The minimum Gasteiger partial charge on any atom is -0.370 e. The number of aromatic nitrogens is 2. The SMILES string of the molecule is CCCNc1cc(-c2c(F)ccc(Br)c2F)ncn1. The molecule has 6 heteroatoms. The van der Waals surface area contributed by atoms with Gasteiger partial charge in [0.05, 0.1) is 15.7 Å². The maximum absolute atomic E-state index is 14.0. The molecule has 0 aliphatic carbocycles. The zero-order chi connectivity index (χ0) is 13.8. The highest BCUT2D eigenvalue weighted by molar-refractivity contribution is 9.10. The van der Waals surface area contributed by atoms with Crippen molar-refractivity contribution in [1.82, 2.24) is 9.97 Å². The molecule has 0 unspecified atom stereocenters. The molecule has 1 aromatic carbocycles. The molecule has 0 fully saturated rings. The van der Waals surface area contributed by atoms with Crippen LogP contribution in [0.25, 0.3) is 11.3 Å². The summed E-state index contributed by atoms with van der Waals surface area (Å²) >= 11 is 3.04. The first-order chi connectivity index (χ1) is 9.13. The summed E-state index contributed by atoms with van der Waals surface area (Å²) in [6.07, 6.45) is 2.21. The van der Waals surface area contributed by atoms with Gasteiger partial charge in [0, 0.05) is 12.6 Å². The van der Waals surface area contributed by atoms with Crippen molar-refractivity contribution in [3.63, 3.8) is 0 Å². The maximum atomic E-state index is 14.0. The summed E-state index contributed by atoms with van der Waals surface area (Å²) in [5, 5.41) is 3.05. The fraction of sp³-hybridized carbons (Fsp3) is 0.231. The Morgan fingerprint density at radius 2 is 2.05 bits per heavy atom. The van der Waals surface area contributed by atoms with Crippen LogP contribution < -0.4 is 5.32 Å². The van der Waals surface area contributed by atoms with Crippen molar-refractivity contribution in [2.75, 3.05) is 11.9 Å². The van der Waals surface area contributed by atoms with Crippen LogP contribution >= 0.6 is 15.9 Å². The molecule has 0 amide bonds. The summed E-state index contributed by atoms with van der Waals surface area (Å²) in [6, 6.07) is 4.05. The lowest BCUT2D eigenvalue weighted by molar-refractivity contribution is 0.584. The van der Waals surface area contributed by atoms with E-state index >= 15 is 0 Å². The third-order valence-corrected chi connectivity index (χ3v) is 3.14. The Hall–Kier alpha value is -1.56. The predicted octanol–water partition coefficient (Wildman–Crippen LogP) is 4.01. The zero-order valence-electron chi connectivity index (χ0n) is 10.3. The van der Waals surface area contributed by atoms with Crippen LogP contribution in [0.2, 0.25) is 0 Å². The number of rotatable bonds is 4. The van der Waals surface area contributed by atoms with Crippen molar-refractivity contribution in [2.24, 2.45) is 0 Å². The number of hydrogen-bond donors (Lipinski definition) is 1. The van der Waals surface area contributed by atoms with Gasteiger partial charge >= 0.3 is 0 Å². The van der Waals surface area contributed by atoms with E-state index in [0.29, 0.717) is 5.82 Å². The summed E-state index contributed by atoms with van der Waals surface area (Å²) in [5.74, 6) is -0.772. The van der Waals surface area contributed by atoms with Crippen LogP contribution in [0.3, 0.4) is 0 Å². The summed E-state index contributed by atoms with van der Waals surface area (Å²) in [5.41, 5.74) is 0.0567. The van der Waals surface area contributed by atoms with Gasteiger partial charge in [-0.05, 0) is 34.5 Å². The van der Waals surface area contributed by atoms with Crippen LogP contribution in [0.4, 0.5) is 14.6 Å². The number of halogens is 3. The summed E-state index contributed by atoms with van der Waals surface area (Å²) in [7, 11) is 0. The van der Waals surface area contributed by atoms with E-state index in [1.54, 1.807) is 0 Å². The smallest absolute Gasteiger partial charge is 0.149 e. The lowest BCUT2D eigenvalue weighted by Crippen LogP contribution is -2.03. The van der Waals surface area contributed by atoms with Gasteiger partial charge in [-0.2, -0.15) is 0 Å². The first kappa shape index (κ1) is 13.9. The summed E-state index contributed by atoms with van der Waals surface area (Å²) < 4.78 is 27.9. The van der Waals surface area contributed by atoms with E-state index < -0.39 is 11.6 Å². The molecule has 19 heavy (non-hydrogen) atoms. The normalized spacial score (nSPS) is 10.5. The Balaban J connectivity index is 2.44. The predicted molar refractivity (Wildman–Crippen MR) is 73.9 cm³/mol. The Morgan fingerprint density at radius 3 is 2.79 bits per heavy atom. The number of hydrogen-bond acceptors (Lipinski definition) is 3. The molecule has 2 aromatic rings. The van der Waals surface area contributed by atoms with Gasteiger partial charge in [0.2, 0.25) is 0 Å². The van der Waals surface area contributed by atoms with Crippen LogP contribution in [-0.4, -0.2) is 16.5 Å². The minimum absolute atomic E-state index is 0.156. The molecule has 0 saturated heterocycles. The van der Waals surface area contributed by atoms with E-state index in [0.717, 1.165) is 13.0 Å². The van der Waals surface area contributed by atoms with Crippen LogP contribution in [0, 0.1) is 11.6 Å². The molecule has 0 spiro atoms. The van der Waals surface area contributed by atoms with Crippen molar-refractivity contribution in [1.29, 1.82) is 0 Å². The number of benzene rings is 1. The van der Waals surface area contributed by atoms with Gasteiger partial charge in [-0.1, -0.05) is 6.92 Å². The third kappa shape index (κ3) is 3.07. The second kappa shape index (κ2) is 6.06. The quantitative estimate of drug-likeness (QED) is 0.862. The highest BCUT2D eigenvalue weighted by Crippen LogP contribution is 2.29. The fourth-order valence-corrected chi connectivity index (χ4v) is 1.94. The molecule has 0 radical (unpaired) electrons. The van der Waals surface area contributed by atoms with E-state index in [9.17, 15) is 8.78 Å². The number of nitrogens with one attached hydrogen (secondary N) is 1. The molecule has 0 aliphatic heterocycles. The third-order valence-electron chi connectivity index (χ3n) is 2.52. The summed E-state index contributed by atoms with van der Waals surface area (Å²) in [6.45, 7) is 2.75. The highest BCUT2D eigenvalue weighted by atomic mass is 79.9. The second-order valence-electron chi connectivity index (χ2n) is 3.93. The highest BCUT2D eigenvalue weighted by Gasteiger charge is 2.16. The molecule has 0 atom stereocenters. The first-order valence-corrected chi connectivity index (χ1v) is 6.62. The lowest BCUT2D eigenvalue weighted by Gasteiger charge is -2.08. The Labute approximate surface area is 118 Å². The van der Waals surface area contributed by atoms with Crippen molar-refractivity contribution in [3.05, 3.63) is 40.6 Å². The Morgan fingerprint density at radius 1 is 1.26 bits per heavy atom. The minimum atomic E-state index is -0.667. The Bertz CT molecular complexity index is 590. The molecule has 0 saturated carbocycles. The molecule has 1 heterocycles. The van der Waals surface area contributed by atoms with E-state index in [4.69, 9.17) is 0 Å². The molecule has 0 bridgehead atoms. The molecule has 0 aliphatic rings. The van der Waals surface area contributed by atoms with Crippen molar-refractivity contribution in [3.8, 4) is 11.3 Å². The maximum Gasteiger partial charge on any atom is 0.149 e. The molecule has 100 valence electrons. The van der Waals surface area contributed by atoms with Crippen molar-refractivity contribution < 1.29 is 8.78 Å². The second-order valence-corrected chi connectivity index (χ2v) is 4.79. The van der Waals surface area contributed by atoms with Gasteiger partial charge < -0.3 is 5.32 Å². The van der Waals surface area contributed by atoms with Gasteiger partial charge in [0.25, 0.3) is 0 Å². The summed E-state index contributed by atoms with van der Waals surface area (Å²) in [4.78, 5) is 7.93. The standard InChI is InChI=1S/C13H12BrF2N3/c1-2-5-17-11-6-10(18-7-19-11)12-9(15)4-3-8(14)13(12)16/h3-4,6-7H,2,5H2,1H3,(H,17,18,19). The van der Waals surface area contributed by atoms with Crippen LogP contribution in [0.5, 0.6) is 0 Å². The topological polar surface area (TPSA) is 37.8 Å². The van der Waals surface area contributed by atoms with Crippen LogP contribution in [-0.2, 0) is 0 Å². The van der Waals surface area contributed by atoms with Crippen LogP contribution in [0.1, 0.15) is 13.3 Å². The molecule has 1 N–H and O–H groups in total. The molecule has 2 rings (SSSR count). The monoisotopic (exact) mass is 327 g/mol. The number of anilines is 1. The van der Waals surface area contributed by atoms with Gasteiger partial charge in [-0.3, -0.25) is 0 Å². The van der Waals surface area contributed by atoms with E-state index in [2.05, 4.69) is 31.2 Å². The van der Waals surface area contributed by atoms with Crippen molar-refractivity contribution in [2.45, 2.75) is 13.3 Å². The molecule has 3 nitrogen and oxygen atoms in total. The van der Waals surface area contributed by atoms with E-state index in [1.807, 2.05) is 6.92 Å². The molecular weight excluding hydrogens is 316 g/mol. The average Bonchev–Trinajstić information content (AvgIpc) is 2.42. The lowest BCUT2D eigenvalue weighted by atomic mass is 10.1. The van der Waals surface area contributed by atoms with Gasteiger partial charge in [-0.15, -0.1) is 0 Å². The van der Waals surface area contributed by atoms with Gasteiger partial charge in [-0.25, -0.2) is 18.7 Å². The average molecular weight is 328 g/mol. The Kier molecular flexibility index (Phi) is 4.42. The van der Waals surface area contributed by atoms with E-state index in [-0.39, 0.29) is 15.7 Å². The van der Waals surface area contributed by atoms with E-state index in [1.165, 1.54) is 24.5 Å². The number of nitrogens with zero attached hydrogens (tertiary/aromatic N) is 2. The van der Waals surface area contributed by atoms with Gasteiger partial charge in [0.1, 0.15) is 23.8 Å². The van der Waals surface area contributed by atoms with Crippen molar-refractivity contribution >= 4 is 21.7 Å².